The average Bonchev–Trinajstić information content (AvgIpc) is 2.68. The van der Waals surface area contributed by atoms with Crippen LogP contribution in [0.15, 0.2) is 0 Å². The smallest absolute Gasteiger partial charge is 0.374 e. The molecule has 156 valence electrons. The van der Waals surface area contributed by atoms with Crippen molar-refractivity contribution in [3.8, 4) is 0 Å². The second kappa shape index (κ2) is 17.6. The summed E-state index contributed by atoms with van der Waals surface area (Å²) in [6.07, 6.45) is 7.70. The molecule has 0 aliphatic heterocycles. The SMILES string of the molecule is CCC(=O)C(=O)OCCCCCCOCCCCCCOC(=O)C(=O)CC. The van der Waals surface area contributed by atoms with E-state index in [4.69, 9.17) is 14.2 Å². The highest BCUT2D eigenvalue weighted by Crippen LogP contribution is 2.04. The third kappa shape index (κ3) is 15.0. The molecule has 0 radical (unpaired) electrons. The van der Waals surface area contributed by atoms with Gasteiger partial charge in [0.15, 0.2) is 0 Å². The molecule has 7 heteroatoms. The Morgan fingerprint density at radius 1 is 0.519 bits per heavy atom. The highest BCUT2D eigenvalue weighted by molar-refractivity contribution is 6.33. The van der Waals surface area contributed by atoms with E-state index in [2.05, 4.69) is 0 Å². The molecule has 0 aromatic rings. The zero-order valence-electron chi connectivity index (χ0n) is 16.8. The van der Waals surface area contributed by atoms with Crippen LogP contribution in [0, 0.1) is 0 Å². The number of Topliss-reactive ketones (excluding diaryl/α,β-unsaturated/α-hetero) is 2. The van der Waals surface area contributed by atoms with Crippen molar-refractivity contribution >= 4 is 23.5 Å². The Labute approximate surface area is 162 Å². The van der Waals surface area contributed by atoms with E-state index in [1.165, 1.54) is 0 Å². The zero-order chi connectivity index (χ0) is 20.3. The molecule has 0 heterocycles. The molecule has 0 spiro atoms. The van der Waals surface area contributed by atoms with Crippen LogP contribution in [0.4, 0.5) is 0 Å². The Morgan fingerprint density at radius 2 is 0.852 bits per heavy atom. The van der Waals surface area contributed by atoms with Crippen LogP contribution in [0.1, 0.15) is 78.1 Å². The third-order valence-electron chi connectivity index (χ3n) is 3.93. The van der Waals surface area contributed by atoms with Crippen LogP contribution in [-0.4, -0.2) is 49.9 Å². The minimum atomic E-state index is -0.728. The monoisotopic (exact) mass is 386 g/mol. The van der Waals surface area contributed by atoms with E-state index >= 15 is 0 Å². The fourth-order valence-electron chi connectivity index (χ4n) is 2.20. The summed E-state index contributed by atoms with van der Waals surface area (Å²) in [7, 11) is 0. The first kappa shape index (κ1) is 25.2. The quantitative estimate of drug-likeness (QED) is 0.203. The maximum atomic E-state index is 11.1. The Balaban J connectivity index is 3.23. The van der Waals surface area contributed by atoms with E-state index in [0.29, 0.717) is 26.4 Å². The minimum absolute atomic E-state index is 0.184. The molecule has 0 aromatic heterocycles. The molecule has 0 amide bonds. The van der Waals surface area contributed by atoms with Gasteiger partial charge in [-0.25, -0.2) is 9.59 Å². The Bertz CT molecular complexity index is 406. The summed E-state index contributed by atoms with van der Waals surface area (Å²) < 4.78 is 15.3. The van der Waals surface area contributed by atoms with Gasteiger partial charge in [0.1, 0.15) is 0 Å². The van der Waals surface area contributed by atoms with E-state index in [1.54, 1.807) is 13.8 Å². The largest absolute Gasteiger partial charge is 0.460 e. The van der Waals surface area contributed by atoms with Gasteiger partial charge in [0.25, 0.3) is 0 Å². The van der Waals surface area contributed by atoms with Crippen molar-refractivity contribution in [1.82, 2.24) is 0 Å². The summed E-state index contributed by atoms with van der Waals surface area (Å²) in [6, 6.07) is 0. The van der Waals surface area contributed by atoms with Gasteiger partial charge in [-0.1, -0.05) is 26.7 Å². The third-order valence-corrected chi connectivity index (χ3v) is 3.93. The van der Waals surface area contributed by atoms with Crippen LogP contribution < -0.4 is 0 Å². The first-order chi connectivity index (χ1) is 13.0. The first-order valence-electron chi connectivity index (χ1n) is 10.0. The van der Waals surface area contributed by atoms with Crippen molar-refractivity contribution in [1.29, 1.82) is 0 Å². The van der Waals surface area contributed by atoms with Crippen molar-refractivity contribution in [2.75, 3.05) is 26.4 Å². The van der Waals surface area contributed by atoms with Gasteiger partial charge >= 0.3 is 11.9 Å². The number of hydrogen-bond donors (Lipinski definition) is 0. The molecule has 27 heavy (non-hydrogen) atoms. The zero-order valence-corrected chi connectivity index (χ0v) is 16.8. The molecule has 0 aliphatic rings. The number of carbonyl (C=O) groups is 4. The van der Waals surface area contributed by atoms with E-state index < -0.39 is 23.5 Å². The lowest BCUT2D eigenvalue weighted by molar-refractivity contribution is -0.153. The summed E-state index contributed by atoms with van der Waals surface area (Å²) >= 11 is 0. The van der Waals surface area contributed by atoms with Gasteiger partial charge < -0.3 is 14.2 Å². The molecule has 0 fully saturated rings. The van der Waals surface area contributed by atoms with Gasteiger partial charge in [0.05, 0.1) is 13.2 Å². The molecule has 0 aromatic carbocycles. The second-order valence-corrected chi connectivity index (χ2v) is 6.27. The van der Waals surface area contributed by atoms with Gasteiger partial charge in [0, 0.05) is 26.1 Å². The fourth-order valence-corrected chi connectivity index (χ4v) is 2.20. The van der Waals surface area contributed by atoms with E-state index in [0.717, 1.165) is 51.4 Å². The molecule has 0 unspecified atom stereocenters. The summed E-state index contributed by atoms with van der Waals surface area (Å²) in [5.41, 5.74) is 0. The van der Waals surface area contributed by atoms with Crippen molar-refractivity contribution < 1.29 is 33.4 Å². The van der Waals surface area contributed by atoms with Crippen LogP contribution in [0.3, 0.4) is 0 Å². The molecule has 0 rings (SSSR count). The molecule has 0 saturated heterocycles. The van der Waals surface area contributed by atoms with Gasteiger partial charge in [-0.15, -0.1) is 0 Å². The fraction of sp³-hybridized carbons (Fsp3) is 0.800. The van der Waals surface area contributed by atoms with Crippen molar-refractivity contribution in [2.45, 2.75) is 78.1 Å². The topological polar surface area (TPSA) is 96.0 Å². The lowest BCUT2D eigenvalue weighted by Gasteiger charge is -2.06. The maximum absolute atomic E-state index is 11.1. The highest BCUT2D eigenvalue weighted by atomic mass is 16.5. The number of unbranched alkanes of at least 4 members (excludes halogenated alkanes) is 6. The molecule has 0 atom stereocenters. The van der Waals surface area contributed by atoms with Crippen LogP contribution >= 0.6 is 0 Å². The molecule has 0 aliphatic carbocycles. The summed E-state index contributed by atoms with van der Waals surface area (Å²) in [4.78, 5) is 44.3. The molecule has 0 N–H and O–H groups in total. The van der Waals surface area contributed by atoms with Gasteiger partial charge in [-0.3, -0.25) is 9.59 Å². The molecule has 0 saturated carbocycles. The lowest BCUT2D eigenvalue weighted by Crippen LogP contribution is -2.16. The highest BCUT2D eigenvalue weighted by Gasteiger charge is 2.12. The normalized spacial score (nSPS) is 10.4. The summed E-state index contributed by atoms with van der Waals surface area (Å²) in [5.74, 6) is -2.41. The number of rotatable bonds is 18. The van der Waals surface area contributed by atoms with E-state index in [1.807, 2.05) is 0 Å². The predicted octanol–water partition coefficient (Wildman–Crippen LogP) is 3.17. The molecular formula is C20H34O7. The first-order valence-corrected chi connectivity index (χ1v) is 10.0. The Hall–Kier alpha value is -1.76. The van der Waals surface area contributed by atoms with Crippen LogP contribution in [0.25, 0.3) is 0 Å². The van der Waals surface area contributed by atoms with E-state index in [-0.39, 0.29) is 12.8 Å². The van der Waals surface area contributed by atoms with Gasteiger partial charge in [0.2, 0.25) is 11.6 Å². The second-order valence-electron chi connectivity index (χ2n) is 6.27. The molecule has 7 nitrogen and oxygen atoms in total. The van der Waals surface area contributed by atoms with Gasteiger partial charge in [-0.05, 0) is 38.5 Å². The number of ketones is 2. The minimum Gasteiger partial charge on any atom is -0.460 e. The molecular weight excluding hydrogens is 352 g/mol. The Kier molecular flexibility index (Phi) is 16.5. The van der Waals surface area contributed by atoms with Crippen LogP contribution in [0.5, 0.6) is 0 Å². The predicted molar refractivity (Wildman–Crippen MR) is 100 cm³/mol. The number of ether oxygens (including phenoxy) is 3. The number of esters is 2. The van der Waals surface area contributed by atoms with Crippen molar-refractivity contribution in [3.63, 3.8) is 0 Å². The summed E-state index contributed by atoms with van der Waals surface area (Å²) in [5, 5.41) is 0. The van der Waals surface area contributed by atoms with Gasteiger partial charge in [-0.2, -0.15) is 0 Å². The lowest BCUT2D eigenvalue weighted by atomic mass is 10.2. The van der Waals surface area contributed by atoms with E-state index in [9.17, 15) is 19.2 Å². The Morgan fingerprint density at radius 3 is 1.19 bits per heavy atom. The van der Waals surface area contributed by atoms with Crippen LogP contribution in [-0.2, 0) is 33.4 Å². The number of hydrogen-bond acceptors (Lipinski definition) is 7. The number of carbonyl (C=O) groups excluding carboxylic acids is 4. The average molecular weight is 386 g/mol. The standard InChI is InChI=1S/C20H34O7/c1-3-17(21)19(23)26-15-11-7-5-9-13-25-14-10-6-8-12-16-27-20(24)18(22)4-2/h3-16H2,1-2H3. The molecule has 0 bridgehead atoms. The van der Waals surface area contributed by atoms with Crippen molar-refractivity contribution in [2.24, 2.45) is 0 Å². The van der Waals surface area contributed by atoms with Crippen LogP contribution in [0.2, 0.25) is 0 Å². The maximum Gasteiger partial charge on any atom is 0.374 e. The summed E-state index contributed by atoms with van der Waals surface area (Å²) in [6.45, 7) is 5.30. The van der Waals surface area contributed by atoms with Crippen molar-refractivity contribution in [3.05, 3.63) is 0 Å².